The molecule has 4 rings (SSSR count). The van der Waals surface area contributed by atoms with Crippen molar-refractivity contribution >= 4 is 16.9 Å². The van der Waals surface area contributed by atoms with Gasteiger partial charge in [0.2, 0.25) is 0 Å². The van der Waals surface area contributed by atoms with Gasteiger partial charge in [0.15, 0.2) is 0 Å². The fourth-order valence-electron chi connectivity index (χ4n) is 4.03. The number of carbonyl (C=O) groups excluding carboxylic acids is 1. The minimum Gasteiger partial charge on any atom is -0.497 e. The van der Waals surface area contributed by atoms with E-state index in [0.717, 1.165) is 33.4 Å². The Bertz CT molecular complexity index is 1350. The summed E-state index contributed by atoms with van der Waals surface area (Å²) < 4.78 is 22.7. The number of furan rings is 1. The molecule has 4 aromatic rings. The first-order chi connectivity index (χ1) is 17.5. The number of benzene rings is 2. The number of hydrogen-bond donors (Lipinski definition) is 2. The van der Waals surface area contributed by atoms with E-state index in [0.29, 0.717) is 42.4 Å². The molecule has 0 saturated carbocycles. The number of nitrogens with zero attached hydrogens (tertiary/aromatic N) is 1. The van der Waals surface area contributed by atoms with Crippen molar-refractivity contribution in [1.82, 2.24) is 4.98 Å². The Morgan fingerprint density at radius 3 is 2.75 bits per heavy atom. The van der Waals surface area contributed by atoms with E-state index in [2.05, 4.69) is 4.98 Å². The van der Waals surface area contributed by atoms with Gasteiger partial charge in [-0.1, -0.05) is 6.07 Å². The number of carbonyl (C=O) groups is 1. The number of hydrogen-bond acceptors (Lipinski definition) is 8. The molecule has 8 nitrogen and oxygen atoms in total. The lowest BCUT2D eigenvalue weighted by atomic mass is 10.0. The fourth-order valence-corrected chi connectivity index (χ4v) is 4.03. The summed E-state index contributed by atoms with van der Waals surface area (Å²) >= 11 is 0. The summed E-state index contributed by atoms with van der Waals surface area (Å²) in [5.41, 5.74) is 10.7. The second-order valence-electron chi connectivity index (χ2n) is 8.23. The summed E-state index contributed by atoms with van der Waals surface area (Å²) in [4.78, 5) is 16.4. The number of pyridine rings is 1. The molecule has 188 valence electrons. The van der Waals surface area contributed by atoms with Crippen LogP contribution in [-0.4, -0.2) is 36.4 Å². The molecular formula is C28H30N2O6. The van der Waals surface area contributed by atoms with Gasteiger partial charge in [-0.2, -0.15) is 0 Å². The quantitative estimate of drug-likeness (QED) is 0.301. The van der Waals surface area contributed by atoms with E-state index >= 15 is 0 Å². The van der Waals surface area contributed by atoms with E-state index in [4.69, 9.17) is 24.4 Å². The van der Waals surface area contributed by atoms with Crippen LogP contribution >= 0.6 is 0 Å². The maximum atomic E-state index is 12.1. The molecular weight excluding hydrogens is 460 g/mol. The summed E-state index contributed by atoms with van der Waals surface area (Å²) in [5, 5.41) is 10.3. The molecule has 0 amide bonds. The van der Waals surface area contributed by atoms with Gasteiger partial charge in [-0.05, 0) is 54.4 Å². The van der Waals surface area contributed by atoms with Gasteiger partial charge in [0.1, 0.15) is 29.4 Å². The van der Waals surface area contributed by atoms with Gasteiger partial charge in [-0.25, -0.2) is 0 Å². The maximum Gasteiger partial charge on any atom is 0.310 e. The lowest BCUT2D eigenvalue weighted by molar-refractivity contribution is -0.142. The van der Waals surface area contributed by atoms with Gasteiger partial charge >= 0.3 is 5.97 Å². The first-order valence-electron chi connectivity index (χ1n) is 11.8. The number of aliphatic hydroxyl groups is 1. The third kappa shape index (κ3) is 5.84. The summed E-state index contributed by atoms with van der Waals surface area (Å²) in [5.74, 6) is 1.55. The van der Waals surface area contributed by atoms with Crippen molar-refractivity contribution in [2.24, 2.45) is 5.73 Å². The number of nitrogens with two attached hydrogens (primary N) is 1. The minimum atomic E-state index is -0.320. The number of rotatable bonds is 11. The summed E-state index contributed by atoms with van der Waals surface area (Å²) in [6, 6.07) is 15.2. The highest BCUT2D eigenvalue weighted by Crippen LogP contribution is 2.34. The third-order valence-electron chi connectivity index (χ3n) is 5.73. The van der Waals surface area contributed by atoms with E-state index in [9.17, 15) is 9.90 Å². The molecule has 0 unspecified atom stereocenters. The Morgan fingerprint density at radius 1 is 1.14 bits per heavy atom. The number of methoxy groups -OCH3 is 1. The number of esters is 1. The summed E-state index contributed by atoms with van der Waals surface area (Å²) in [7, 11) is 1.58. The van der Waals surface area contributed by atoms with Gasteiger partial charge in [0.05, 0.1) is 32.4 Å². The molecule has 36 heavy (non-hydrogen) atoms. The molecule has 0 saturated heterocycles. The lowest BCUT2D eigenvalue weighted by Gasteiger charge is -2.14. The van der Waals surface area contributed by atoms with Crippen LogP contribution in [0.15, 0.2) is 59.1 Å². The van der Waals surface area contributed by atoms with Gasteiger partial charge in [-0.15, -0.1) is 0 Å². The van der Waals surface area contributed by atoms with E-state index in [-0.39, 0.29) is 25.6 Å². The molecule has 0 atom stereocenters. The zero-order chi connectivity index (χ0) is 25.5. The van der Waals surface area contributed by atoms with Crippen LogP contribution in [-0.2, 0) is 35.5 Å². The average Bonchev–Trinajstić information content (AvgIpc) is 3.30. The van der Waals surface area contributed by atoms with Crippen LogP contribution in [0.5, 0.6) is 11.5 Å². The first-order valence-corrected chi connectivity index (χ1v) is 11.8. The number of aliphatic hydroxyl groups excluding tert-OH is 1. The van der Waals surface area contributed by atoms with Gasteiger partial charge in [0.25, 0.3) is 0 Å². The number of aromatic nitrogens is 1. The zero-order valence-corrected chi connectivity index (χ0v) is 20.5. The monoisotopic (exact) mass is 490 g/mol. The predicted octanol–water partition coefficient (Wildman–Crippen LogP) is 4.18. The van der Waals surface area contributed by atoms with Crippen LogP contribution in [0.2, 0.25) is 0 Å². The fraction of sp³-hybridized carbons (Fsp3) is 0.286. The highest BCUT2D eigenvalue weighted by molar-refractivity contribution is 5.93. The molecule has 8 heteroatoms. The van der Waals surface area contributed by atoms with Gasteiger partial charge in [-0.3, -0.25) is 9.78 Å². The normalized spacial score (nSPS) is 11.0. The molecule has 0 spiro atoms. The molecule has 0 fully saturated rings. The SMILES string of the molecule is CCOC(=O)Cc1ccc(OC)cc1OCc1cc(-c2ccnc(CN)c2)c2oc(CCO)cc2c1. The molecule has 2 aromatic heterocycles. The molecule has 2 heterocycles. The standard InChI is InChI=1S/C28H30N2O6/c1-3-34-27(32)14-20-4-5-23(33-2)15-26(20)35-17-18-10-21-13-24(7-9-31)36-28(21)25(11-18)19-6-8-30-22(12-19)16-29/h4-6,8,10-13,15,31H,3,7,9,14,16-17,29H2,1-2H3. The van der Waals surface area contributed by atoms with Gasteiger partial charge in [0, 0.05) is 41.7 Å². The Morgan fingerprint density at radius 2 is 2.00 bits per heavy atom. The van der Waals surface area contributed by atoms with E-state index in [1.807, 2.05) is 36.4 Å². The van der Waals surface area contributed by atoms with Crippen molar-refractivity contribution in [1.29, 1.82) is 0 Å². The van der Waals surface area contributed by atoms with Crippen molar-refractivity contribution in [3.05, 3.63) is 77.3 Å². The zero-order valence-electron chi connectivity index (χ0n) is 20.5. The molecule has 0 aliphatic rings. The number of ether oxygens (including phenoxy) is 3. The van der Waals surface area contributed by atoms with E-state index in [1.165, 1.54) is 0 Å². The van der Waals surface area contributed by atoms with Crippen LogP contribution in [0.25, 0.3) is 22.1 Å². The Labute approximate surface area is 209 Å². The molecule has 0 radical (unpaired) electrons. The second-order valence-corrected chi connectivity index (χ2v) is 8.23. The molecule has 3 N–H and O–H groups in total. The highest BCUT2D eigenvalue weighted by atomic mass is 16.5. The largest absolute Gasteiger partial charge is 0.497 e. The third-order valence-corrected chi connectivity index (χ3v) is 5.73. The van der Waals surface area contributed by atoms with Crippen molar-refractivity contribution < 1.29 is 28.5 Å². The minimum absolute atomic E-state index is 0.00319. The Kier molecular flexibility index (Phi) is 8.20. The summed E-state index contributed by atoms with van der Waals surface area (Å²) in [6.45, 7) is 2.67. The summed E-state index contributed by atoms with van der Waals surface area (Å²) in [6.07, 6.45) is 2.25. The first kappa shape index (κ1) is 25.2. The smallest absolute Gasteiger partial charge is 0.310 e. The predicted molar refractivity (Wildman–Crippen MR) is 136 cm³/mol. The van der Waals surface area contributed by atoms with Crippen molar-refractivity contribution in [2.45, 2.75) is 32.9 Å². The average molecular weight is 491 g/mol. The molecule has 0 aliphatic carbocycles. The van der Waals surface area contributed by atoms with Crippen LogP contribution in [0.4, 0.5) is 0 Å². The topological polar surface area (TPSA) is 117 Å². The van der Waals surface area contributed by atoms with Crippen molar-refractivity contribution in [2.75, 3.05) is 20.3 Å². The maximum absolute atomic E-state index is 12.1. The number of fused-ring (bicyclic) bond motifs is 1. The van der Waals surface area contributed by atoms with E-state index < -0.39 is 0 Å². The van der Waals surface area contributed by atoms with Gasteiger partial charge < -0.3 is 29.5 Å². The van der Waals surface area contributed by atoms with Crippen LogP contribution in [0.1, 0.15) is 29.5 Å². The Hall–Kier alpha value is -3.88. The Balaban J connectivity index is 1.69. The lowest BCUT2D eigenvalue weighted by Crippen LogP contribution is -2.09. The highest BCUT2D eigenvalue weighted by Gasteiger charge is 2.15. The molecule has 0 bridgehead atoms. The van der Waals surface area contributed by atoms with Crippen LogP contribution < -0.4 is 15.2 Å². The van der Waals surface area contributed by atoms with Crippen molar-refractivity contribution in [3.63, 3.8) is 0 Å². The molecule has 0 aliphatic heterocycles. The molecule has 2 aromatic carbocycles. The van der Waals surface area contributed by atoms with Crippen LogP contribution in [0, 0.1) is 0 Å². The van der Waals surface area contributed by atoms with Crippen LogP contribution in [0.3, 0.4) is 0 Å². The van der Waals surface area contributed by atoms with E-state index in [1.54, 1.807) is 32.4 Å². The second kappa shape index (κ2) is 11.7. The van der Waals surface area contributed by atoms with Crippen molar-refractivity contribution in [3.8, 4) is 22.6 Å².